The number of pyridine rings is 3. The van der Waals surface area contributed by atoms with E-state index in [4.69, 9.17) is 4.98 Å². The van der Waals surface area contributed by atoms with Crippen LogP contribution in [0, 0.1) is 0 Å². The van der Waals surface area contributed by atoms with E-state index >= 15 is 0 Å². The van der Waals surface area contributed by atoms with Crippen molar-refractivity contribution in [2.45, 2.75) is 0 Å². The van der Waals surface area contributed by atoms with Crippen molar-refractivity contribution in [3.05, 3.63) is 189 Å². The lowest BCUT2D eigenvalue weighted by molar-refractivity contribution is 1.05. The van der Waals surface area contributed by atoms with Crippen LogP contribution in [0.3, 0.4) is 0 Å². The van der Waals surface area contributed by atoms with E-state index in [1.54, 1.807) is 6.20 Å². The predicted octanol–water partition coefficient (Wildman–Crippen LogP) is 12.6. The molecule has 5 heterocycles. The van der Waals surface area contributed by atoms with Crippen molar-refractivity contribution in [1.82, 2.24) is 19.5 Å². The highest BCUT2D eigenvalue weighted by molar-refractivity contribution is 6.13. The molecule has 0 N–H and O–H groups in total. The second kappa shape index (κ2) is 12.1. The van der Waals surface area contributed by atoms with Crippen molar-refractivity contribution in [3.63, 3.8) is 0 Å². The molecule has 0 saturated carbocycles. The zero-order valence-electron chi connectivity index (χ0n) is 29.1. The van der Waals surface area contributed by atoms with E-state index < -0.39 is 0 Å². The second-order valence-corrected chi connectivity index (χ2v) is 13.7. The third-order valence-corrected chi connectivity index (χ3v) is 10.7. The van der Waals surface area contributed by atoms with Crippen LogP contribution in [0.25, 0.3) is 83.0 Å². The molecule has 6 aromatic carbocycles. The summed E-state index contributed by atoms with van der Waals surface area (Å²) in [5.74, 6) is 0.865. The van der Waals surface area contributed by atoms with Gasteiger partial charge in [0, 0.05) is 69.1 Å². The van der Waals surface area contributed by atoms with Gasteiger partial charge in [-0.1, -0.05) is 97.1 Å². The Morgan fingerprint density at radius 2 is 1.17 bits per heavy atom. The van der Waals surface area contributed by atoms with E-state index in [1.165, 1.54) is 38.4 Å². The molecule has 1 aliphatic rings. The molecule has 0 radical (unpaired) electrons. The van der Waals surface area contributed by atoms with Crippen molar-refractivity contribution in [2.24, 2.45) is 0 Å². The third kappa shape index (κ3) is 4.69. The summed E-state index contributed by atoms with van der Waals surface area (Å²) < 4.78 is 2.33. The minimum Gasteiger partial charge on any atom is -0.309 e. The molecule has 4 aromatic heterocycles. The molecule has 0 aliphatic carbocycles. The zero-order chi connectivity index (χ0) is 35.6. The van der Waals surface area contributed by atoms with E-state index in [0.717, 1.165) is 61.7 Å². The van der Waals surface area contributed by atoms with Gasteiger partial charge < -0.3 is 4.90 Å². The van der Waals surface area contributed by atoms with Gasteiger partial charge in [-0.25, -0.2) is 4.98 Å². The first kappa shape index (κ1) is 30.3. The Morgan fingerprint density at radius 1 is 0.444 bits per heavy atom. The van der Waals surface area contributed by atoms with Crippen LogP contribution in [0.5, 0.6) is 0 Å². The SMILES string of the molecule is c1cncc(-c2ccc(-n3c4c(c5ccccc53)-c3ccccc3N(c3ccc5cc(-c6ccnc7ccccc67)ccc5c3)c3ccccc3-4)nc2)c1. The lowest BCUT2D eigenvalue weighted by Gasteiger charge is -2.28. The monoisotopic (exact) mass is 689 g/mol. The number of hydrogen-bond acceptors (Lipinski definition) is 4. The van der Waals surface area contributed by atoms with Crippen LogP contribution in [0.4, 0.5) is 17.1 Å². The number of nitrogens with zero attached hydrogens (tertiary/aromatic N) is 5. The van der Waals surface area contributed by atoms with Gasteiger partial charge in [-0.15, -0.1) is 0 Å². The van der Waals surface area contributed by atoms with Gasteiger partial charge in [0.15, 0.2) is 0 Å². The summed E-state index contributed by atoms with van der Waals surface area (Å²) in [6.45, 7) is 0. The first-order valence-corrected chi connectivity index (χ1v) is 18.2. The summed E-state index contributed by atoms with van der Waals surface area (Å²) in [5, 5.41) is 4.71. The Labute approximate surface area is 312 Å². The van der Waals surface area contributed by atoms with Gasteiger partial charge in [0.1, 0.15) is 5.82 Å². The molecule has 0 spiro atoms. The van der Waals surface area contributed by atoms with Crippen LogP contribution in [-0.2, 0) is 0 Å². The number of fused-ring (bicyclic) bond motifs is 9. The molecule has 0 atom stereocenters. The molecule has 0 amide bonds. The van der Waals surface area contributed by atoms with Crippen LogP contribution in [0.2, 0.25) is 0 Å². The van der Waals surface area contributed by atoms with E-state index in [-0.39, 0.29) is 0 Å². The third-order valence-electron chi connectivity index (χ3n) is 10.7. The van der Waals surface area contributed by atoms with Crippen LogP contribution in [0.1, 0.15) is 0 Å². The van der Waals surface area contributed by atoms with Crippen LogP contribution in [-0.4, -0.2) is 19.5 Å². The molecule has 1 aliphatic heterocycles. The van der Waals surface area contributed by atoms with Crippen molar-refractivity contribution < 1.29 is 0 Å². The minimum absolute atomic E-state index is 0.865. The highest BCUT2D eigenvalue weighted by Crippen LogP contribution is 2.54. The fourth-order valence-electron chi connectivity index (χ4n) is 8.27. The normalized spacial score (nSPS) is 12.0. The Kier molecular flexibility index (Phi) is 6.79. The quantitative estimate of drug-likeness (QED) is 0.185. The minimum atomic E-state index is 0.865. The molecule has 5 nitrogen and oxygen atoms in total. The summed E-state index contributed by atoms with van der Waals surface area (Å²) in [5.41, 5.74) is 14.5. The second-order valence-electron chi connectivity index (χ2n) is 13.7. The molecule has 10 aromatic rings. The van der Waals surface area contributed by atoms with Gasteiger partial charge in [0.05, 0.1) is 28.1 Å². The predicted molar refractivity (Wildman–Crippen MR) is 222 cm³/mol. The first-order chi connectivity index (χ1) is 26.8. The summed E-state index contributed by atoms with van der Waals surface area (Å²) in [6.07, 6.45) is 7.53. The molecule has 0 fully saturated rings. The number of anilines is 3. The van der Waals surface area contributed by atoms with Gasteiger partial charge in [-0.05, 0) is 88.6 Å². The number of hydrogen-bond donors (Lipinski definition) is 0. The number of rotatable bonds is 4. The molecule has 54 heavy (non-hydrogen) atoms. The van der Waals surface area contributed by atoms with Gasteiger partial charge in [-0.3, -0.25) is 14.5 Å². The Morgan fingerprint density at radius 3 is 2.02 bits per heavy atom. The molecule has 5 heteroatoms. The Hall–Kier alpha value is -7.37. The molecular weight excluding hydrogens is 659 g/mol. The maximum atomic E-state index is 5.09. The van der Waals surface area contributed by atoms with Crippen molar-refractivity contribution in [1.29, 1.82) is 0 Å². The Balaban J connectivity index is 1.10. The first-order valence-electron chi connectivity index (χ1n) is 18.2. The highest BCUT2D eigenvalue weighted by Gasteiger charge is 2.31. The van der Waals surface area contributed by atoms with E-state index in [9.17, 15) is 0 Å². The van der Waals surface area contributed by atoms with Crippen LogP contribution in [0.15, 0.2) is 189 Å². The van der Waals surface area contributed by atoms with Crippen LogP contribution >= 0.6 is 0 Å². The zero-order valence-corrected chi connectivity index (χ0v) is 29.1. The van der Waals surface area contributed by atoms with E-state index in [0.29, 0.717) is 0 Å². The lowest BCUT2D eigenvalue weighted by Crippen LogP contribution is -2.11. The largest absolute Gasteiger partial charge is 0.309 e. The van der Waals surface area contributed by atoms with Gasteiger partial charge >= 0.3 is 0 Å². The number of aromatic nitrogens is 4. The van der Waals surface area contributed by atoms with E-state index in [2.05, 4.69) is 171 Å². The fraction of sp³-hybridized carbons (Fsp3) is 0. The van der Waals surface area contributed by atoms with Gasteiger partial charge in [0.2, 0.25) is 0 Å². The molecule has 0 unspecified atom stereocenters. The van der Waals surface area contributed by atoms with E-state index in [1.807, 2.05) is 30.7 Å². The van der Waals surface area contributed by atoms with Crippen molar-refractivity contribution >= 4 is 49.6 Å². The standard InChI is InChI=1S/C49H31N5/c1-5-15-43-39(11-1)38(25-27-51-43)34-20-19-33-29-37(23-21-32(33)28-34)53-44-16-6-2-12-40(44)48-41-13-3-7-17-45(41)54(49(48)42-14-4-8-18-46(42)53)47-24-22-36(31-52-47)35-10-9-26-50-30-35/h1-31H. The molecular formula is C49H31N5. The molecule has 11 rings (SSSR count). The molecule has 252 valence electrons. The maximum Gasteiger partial charge on any atom is 0.137 e. The average molecular weight is 690 g/mol. The lowest BCUT2D eigenvalue weighted by atomic mass is 9.98. The van der Waals surface area contributed by atoms with Gasteiger partial charge in [-0.2, -0.15) is 0 Å². The molecule has 0 bridgehead atoms. The summed E-state index contributed by atoms with van der Waals surface area (Å²) in [7, 11) is 0. The van der Waals surface area contributed by atoms with Crippen molar-refractivity contribution in [3.8, 4) is 50.5 Å². The van der Waals surface area contributed by atoms with Crippen molar-refractivity contribution in [2.75, 3.05) is 4.90 Å². The summed E-state index contributed by atoms with van der Waals surface area (Å²) >= 11 is 0. The fourth-order valence-corrected chi connectivity index (χ4v) is 8.27. The highest BCUT2D eigenvalue weighted by atomic mass is 15.2. The summed E-state index contributed by atoms with van der Waals surface area (Å²) in [6, 6.07) is 58.6. The number of para-hydroxylation sites is 4. The molecule has 0 saturated heterocycles. The van der Waals surface area contributed by atoms with Gasteiger partial charge in [0.25, 0.3) is 0 Å². The smallest absolute Gasteiger partial charge is 0.137 e. The topological polar surface area (TPSA) is 46.8 Å². The number of benzene rings is 6. The van der Waals surface area contributed by atoms with Crippen LogP contribution < -0.4 is 4.90 Å². The maximum absolute atomic E-state index is 5.09. The Bertz CT molecular complexity index is 3050. The summed E-state index contributed by atoms with van der Waals surface area (Å²) in [4.78, 5) is 16.4. The average Bonchev–Trinajstić information content (AvgIpc) is 3.52.